The van der Waals surface area contributed by atoms with Crippen molar-refractivity contribution in [1.29, 1.82) is 0 Å². The smallest absolute Gasteiger partial charge is 0.353 e. The van der Waals surface area contributed by atoms with Gasteiger partial charge in [-0.3, -0.25) is 9.20 Å². The van der Waals surface area contributed by atoms with Gasteiger partial charge in [0.05, 0.1) is 24.3 Å². The summed E-state index contributed by atoms with van der Waals surface area (Å²) >= 11 is 3.35. The molecule has 1 amide bonds. The summed E-state index contributed by atoms with van der Waals surface area (Å²) in [5.41, 5.74) is 0.115. The lowest BCUT2D eigenvalue weighted by Gasteiger charge is -2.46. The van der Waals surface area contributed by atoms with Gasteiger partial charge in [-0.1, -0.05) is 6.92 Å². The second-order valence-corrected chi connectivity index (χ2v) is 11.3. The van der Waals surface area contributed by atoms with Gasteiger partial charge in [0.2, 0.25) is 5.91 Å². The molecule has 0 bridgehead atoms. The molecule has 0 saturated carbocycles. The van der Waals surface area contributed by atoms with Crippen LogP contribution >= 0.6 is 23.1 Å². The second kappa shape index (κ2) is 7.61. The first-order chi connectivity index (χ1) is 14.8. The van der Waals surface area contributed by atoms with Crippen LogP contribution in [0.15, 0.2) is 23.0 Å². The highest BCUT2D eigenvalue weighted by atomic mass is 32.2. The molecular weight excluding hydrogens is 436 g/mol. The monoisotopic (exact) mass is 462 g/mol. The molecule has 166 valence electrons. The van der Waals surface area contributed by atoms with Gasteiger partial charge in [-0.2, -0.15) is 0 Å². The summed E-state index contributed by atoms with van der Waals surface area (Å²) in [4.78, 5) is 33.4. The molecule has 2 saturated heterocycles. The molecule has 2 aromatic rings. The molecule has 0 spiro atoms. The maximum Gasteiger partial charge on any atom is 0.353 e. The summed E-state index contributed by atoms with van der Waals surface area (Å²) < 4.78 is 2.12. The number of imidazole rings is 1. The maximum atomic E-state index is 12.5. The van der Waals surface area contributed by atoms with Crippen LogP contribution in [0.1, 0.15) is 31.0 Å². The van der Waals surface area contributed by atoms with E-state index in [-0.39, 0.29) is 28.8 Å². The summed E-state index contributed by atoms with van der Waals surface area (Å²) in [5, 5.41) is 23.6. The Morgan fingerprint density at radius 3 is 2.94 bits per heavy atom. The van der Waals surface area contributed by atoms with Crippen LogP contribution in [0.25, 0.3) is 4.83 Å². The van der Waals surface area contributed by atoms with E-state index in [4.69, 9.17) is 0 Å². The minimum absolute atomic E-state index is 0.0816. The van der Waals surface area contributed by atoms with E-state index in [2.05, 4.69) is 20.9 Å². The molecule has 0 aromatic carbocycles. The molecule has 3 aliphatic rings. The number of carboxylic acid groups (broad SMARTS) is 1. The summed E-state index contributed by atoms with van der Waals surface area (Å²) in [6.07, 6.45) is 5.15. The van der Waals surface area contributed by atoms with Crippen molar-refractivity contribution < 1.29 is 19.8 Å². The van der Waals surface area contributed by atoms with Gasteiger partial charge in [0.15, 0.2) is 0 Å². The first-order valence-electron chi connectivity index (χ1n) is 10.6. The van der Waals surface area contributed by atoms with Crippen LogP contribution in [0.5, 0.6) is 0 Å². The molecule has 10 heteroatoms. The van der Waals surface area contributed by atoms with E-state index in [1.807, 2.05) is 20.0 Å². The molecule has 5 heterocycles. The largest absolute Gasteiger partial charge is 0.477 e. The first kappa shape index (κ1) is 21.0. The Bertz CT molecular complexity index is 1090. The van der Waals surface area contributed by atoms with Gasteiger partial charge in [-0.15, -0.1) is 23.1 Å². The number of hydrogen-bond donors (Lipinski definition) is 3. The first-order valence-corrected chi connectivity index (χ1v) is 12.3. The molecule has 3 aliphatic heterocycles. The number of hydrogen-bond acceptors (Lipinski definition) is 7. The summed E-state index contributed by atoms with van der Waals surface area (Å²) in [6.45, 7) is 6.38. The number of β-lactam (4-membered cyclic amide) rings is 1. The lowest BCUT2D eigenvalue weighted by atomic mass is 9.79. The Labute approximate surface area is 188 Å². The Morgan fingerprint density at radius 1 is 1.48 bits per heavy atom. The number of aliphatic hydroxyl groups excluding tert-OH is 1. The normalized spacial score (nSPS) is 31.4. The lowest BCUT2D eigenvalue weighted by Crippen LogP contribution is -2.63. The Balaban J connectivity index is 1.28. The number of nitrogens with one attached hydrogen (secondary N) is 1. The number of aryl methyl sites for hydroxylation is 1. The highest BCUT2D eigenvalue weighted by molar-refractivity contribution is 8.03. The van der Waals surface area contributed by atoms with Crippen LogP contribution in [0.2, 0.25) is 0 Å². The van der Waals surface area contributed by atoms with Gasteiger partial charge in [-0.25, -0.2) is 9.78 Å². The SMILES string of the molecule is Cc1ncc2sc(C[C@@H]3C[C@H](SC4=C(C(=O)O)N5C(=O)[C@H]([C@@H](C)O)[C@H]5[C@H]4C)CN3)cn12. The average molecular weight is 463 g/mol. The van der Waals surface area contributed by atoms with Gasteiger partial charge in [0, 0.05) is 39.7 Å². The molecule has 2 fully saturated rings. The number of aromatic nitrogens is 2. The van der Waals surface area contributed by atoms with Crippen molar-refractivity contribution in [2.24, 2.45) is 11.8 Å². The van der Waals surface area contributed by atoms with Gasteiger partial charge < -0.3 is 20.4 Å². The average Bonchev–Trinajstić information content (AvgIpc) is 3.43. The molecule has 6 atom stereocenters. The van der Waals surface area contributed by atoms with Crippen molar-refractivity contribution in [1.82, 2.24) is 19.6 Å². The van der Waals surface area contributed by atoms with Gasteiger partial charge in [-0.05, 0) is 26.7 Å². The Morgan fingerprint density at radius 2 is 2.26 bits per heavy atom. The number of carboxylic acids is 1. The quantitative estimate of drug-likeness (QED) is 0.563. The molecule has 31 heavy (non-hydrogen) atoms. The number of carbonyl (C=O) groups is 2. The minimum Gasteiger partial charge on any atom is -0.477 e. The van der Waals surface area contributed by atoms with Crippen molar-refractivity contribution in [2.45, 2.75) is 57.1 Å². The number of fused-ring (bicyclic) bond motifs is 2. The van der Waals surface area contributed by atoms with Crippen LogP contribution in [0.4, 0.5) is 0 Å². The number of aliphatic carboxylic acids is 1. The third-order valence-corrected chi connectivity index (χ3v) is 9.25. The second-order valence-electron chi connectivity index (χ2n) is 8.77. The molecule has 2 aromatic heterocycles. The zero-order valence-corrected chi connectivity index (χ0v) is 19.2. The highest BCUT2D eigenvalue weighted by Gasteiger charge is 2.60. The fourth-order valence-electron chi connectivity index (χ4n) is 5.19. The standard InChI is InChI=1S/C21H26N4O4S2/c1-9-17-16(10(2)26)20(27)25(17)18(21(28)29)19(9)31-13-4-12(23-6-13)5-14-8-24-11(3)22-7-15(24)30-14/h7-10,12-13,16-17,23,26H,4-6H2,1-3H3,(H,28,29)/t9-,10-,12+,13+,16-,17-/m1/s1. The van der Waals surface area contributed by atoms with Gasteiger partial charge >= 0.3 is 5.97 Å². The maximum absolute atomic E-state index is 12.5. The molecular formula is C21H26N4O4S2. The van der Waals surface area contributed by atoms with Gasteiger partial charge in [0.25, 0.3) is 0 Å². The zero-order chi connectivity index (χ0) is 22.0. The van der Waals surface area contributed by atoms with E-state index in [0.717, 1.165) is 34.9 Å². The van der Waals surface area contributed by atoms with Crippen LogP contribution in [-0.2, 0) is 16.0 Å². The van der Waals surface area contributed by atoms with Crippen LogP contribution in [0, 0.1) is 18.8 Å². The number of aliphatic hydroxyl groups is 1. The van der Waals surface area contributed by atoms with Crippen molar-refractivity contribution in [3.05, 3.63) is 33.7 Å². The molecule has 5 rings (SSSR count). The van der Waals surface area contributed by atoms with E-state index >= 15 is 0 Å². The third kappa shape index (κ3) is 3.31. The molecule has 3 N–H and O–H groups in total. The number of amides is 1. The lowest BCUT2D eigenvalue weighted by molar-refractivity contribution is -0.163. The van der Waals surface area contributed by atoms with E-state index in [1.54, 1.807) is 30.0 Å². The van der Waals surface area contributed by atoms with Crippen molar-refractivity contribution in [3.8, 4) is 0 Å². The van der Waals surface area contributed by atoms with Gasteiger partial charge in [0.1, 0.15) is 16.4 Å². The minimum atomic E-state index is -1.06. The zero-order valence-electron chi connectivity index (χ0n) is 17.6. The van der Waals surface area contributed by atoms with Crippen LogP contribution < -0.4 is 5.32 Å². The number of thiazole rings is 1. The van der Waals surface area contributed by atoms with E-state index in [0.29, 0.717) is 6.04 Å². The fourth-order valence-corrected chi connectivity index (χ4v) is 7.81. The number of carbonyl (C=O) groups excluding carboxylic acids is 1. The third-order valence-electron chi connectivity index (χ3n) is 6.69. The Hall–Kier alpha value is -1.88. The fraction of sp³-hybridized carbons (Fsp3) is 0.571. The Kier molecular flexibility index (Phi) is 5.16. The molecule has 0 unspecified atom stereocenters. The van der Waals surface area contributed by atoms with E-state index in [1.165, 1.54) is 9.78 Å². The number of nitrogens with zero attached hydrogens (tertiary/aromatic N) is 3. The summed E-state index contributed by atoms with van der Waals surface area (Å²) in [6, 6.07) is 0.0847. The van der Waals surface area contributed by atoms with E-state index < -0.39 is 18.0 Å². The highest BCUT2D eigenvalue weighted by Crippen LogP contribution is 2.51. The summed E-state index contributed by atoms with van der Waals surface area (Å²) in [7, 11) is 0. The predicted molar refractivity (Wildman–Crippen MR) is 119 cm³/mol. The van der Waals surface area contributed by atoms with Crippen molar-refractivity contribution in [2.75, 3.05) is 6.54 Å². The van der Waals surface area contributed by atoms with Crippen molar-refractivity contribution >= 4 is 39.8 Å². The number of thioether (sulfide) groups is 1. The topological polar surface area (TPSA) is 107 Å². The number of rotatable bonds is 6. The van der Waals surface area contributed by atoms with Crippen LogP contribution in [-0.4, -0.2) is 66.4 Å². The molecule has 0 radical (unpaired) electrons. The predicted octanol–water partition coefficient (Wildman–Crippen LogP) is 1.86. The summed E-state index contributed by atoms with van der Waals surface area (Å²) in [5.74, 6) is -0.944. The van der Waals surface area contributed by atoms with Crippen LogP contribution in [0.3, 0.4) is 0 Å². The van der Waals surface area contributed by atoms with Crippen molar-refractivity contribution in [3.63, 3.8) is 0 Å². The molecule has 0 aliphatic carbocycles. The molecule has 8 nitrogen and oxygen atoms in total. The van der Waals surface area contributed by atoms with E-state index in [9.17, 15) is 19.8 Å².